The van der Waals surface area contributed by atoms with Crippen molar-refractivity contribution in [2.45, 2.75) is 46.1 Å². The van der Waals surface area contributed by atoms with Gasteiger partial charge in [0.15, 0.2) is 17.1 Å². The second-order valence-electron chi connectivity index (χ2n) is 7.35. The van der Waals surface area contributed by atoms with Gasteiger partial charge in [-0.25, -0.2) is 0 Å². The molecule has 5 heteroatoms. The van der Waals surface area contributed by atoms with Crippen LogP contribution in [0.4, 0.5) is 0 Å². The van der Waals surface area contributed by atoms with Gasteiger partial charge in [-0.2, -0.15) is 0 Å². The number of aldehydes is 1. The topological polar surface area (TPSA) is 76.0 Å². The first-order chi connectivity index (χ1) is 13.2. The maximum absolute atomic E-state index is 11.1. The van der Waals surface area contributed by atoms with Crippen molar-refractivity contribution in [3.05, 3.63) is 45.5 Å². The Labute approximate surface area is 164 Å². The van der Waals surface area contributed by atoms with E-state index in [0.717, 1.165) is 34.4 Å². The number of fused-ring (bicyclic) bond motifs is 1. The number of aromatic hydroxyl groups is 2. The van der Waals surface area contributed by atoms with E-state index in [1.807, 2.05) is 27.7 Å². The number of carbonyl (C=O) groups excluding carboxylic acids is 1. The number of ether oxygens (including phenoxy) is 2. The molecule has 28 heavy (non-hydrogen) atoms. The van der Waals surface area contributed by atoms with Crippen LogP contribution in [0.15, 0.2) is 12.1 Å². The van der Waals surface area contributed by atoms with Crippen LogP contribution in [0.2, 0.25) is 0 Å². The molecule has 2 aromatic carbocycles. The Kier molecular flexibility index (Phi) is 4.99. The molecule has 0 bridgehead atoms. The Bertz CT molecular complexity index is 1030. The van der Waals surface area contributed by atoms with Crippen LogP contribution in [0.5, 0.6) is 23.0 Å². The summed E-state index contributed by atoms with van der Waals surface area (Å²) in [5, 5.41) is 20.6. The molecule has 2 aromatic rings. The fourth-order valence-corrected chi connectivity index (χ4v) is 3.48. The molecule has 1 atom stereocenters. The van der Waals surface area contributed by atoms with Gasteiger partial charge >= 0.3 is 0 Å². The molecule has 0 radical (unpaired) electrons. The molecule has 1 aliphatic rings. The zero-order valence-electron chi connectivity index (χ0n) is 16.8. The molecule has 0 aliphatic carbocycles. The van der Waals surface area contributed by atoms with E-state index in [-0.39, 0.29) is 11.5 Å². The molecular formula is C23H24O5. The van der Waals surface area contributed by atoms with Crippen molar-refractivity contribution < 1.29 is 24.5 Å². The fourth-order valence-electron chi connectivity index (χ4n) is 3.48. The van der Waals surface area contributed by atoms with Gasteiger partial charge in [-0.3, -0.25) is 4.79 Å². The number of carbonyl (C=O) groups is 1. The van der Waals surface area contributed by atoms with Gasteiger partial charge in [-0.1, -0.05) is 11.8 Å². The lowest BCUT2D eigenvalue weighted by Crippen LogP contribution is -2.35. The summed E-state index contributed by atoms with van der Waals surface area (Å²) in [7, 11) is 1.42. The average molecular weight is 380 g/mol. The lowest BCUT2D eigenvalue weighted by atomic mass is 9.87. The fraction of sp³-hybridized carbons (Fsp3) is 0.348. The maximum atomic E-state index is 11.1. The monoisotopic (exact) mass is 380 g/mol. The van der Waals surface area contributed by atoms with E-state index < -0.39 is 5.60 Å². The van der Waals surface area contributed by atoms with Crippen LogP contribution in [0, 0.1) is 32.6 Å². The summed E-state index contributed by atoms with van der Waals surface area (Å²) in [4.78, 5) is 11.1. The van der Waals surface area contributed by atoms with Gasteiger partial charge in [0, 0.05) is 17.5 Å². The molecule has 0 spiro atoms. The molecule has 0 saturated carbocycles. The summed E-state index contributed by atoms with van der Waals surface area (Å²) in [5.41, 5.74) is 3.47. The molecule has 1 heterocycles. The molecule has 0 aromatic heterocycles. The zero-order valence-corrected chi connectivity index (χ0v) is 16.8. The number of methoxy groups -OCH3 is 1. The highest BCUT2D eigenvalue weighted by molar-refractivity contribution is 5.78. The van der Waals surface area contributed by atoms with Gasteiger partial charge in [0.05, 0.1) is 12.7 Å². The van der Waals surface area contributed by atoms with E-state index in [1.54, 1.807) is 0 Å². The third-order valence-corrected chi connectivity index (χ3v) is 5.43. The Morgan fingerprint density at radius 1 is 1.14 bits per heavy atom. The van der Waals surface area contributed by atoms with Crippen LogP contribution >= 0.6 is 0 Å². The summed E-state index contributed by atoms with van der Waals surface area (Å²) in [5.74, 6) is 7.24. The van der Waals surface area contributed by atoms with E-state index in [4.69, 9.17) is 9.47 Å². The van der Waals surface area contributed by atoms with Crippen molar-refractivity contribution in [2.75, 3.05) is 7.11 Å². The van der Waals surface area contributed by atoms with Crippen molar-refractivity contribution >= 4 is 6.29 Å². The standard InChI is InChI=1S/C23H24O5/c1-13-14(2)22-18(15(3)20(13)25)7-9-23(4,28-22)8-6-17-10-16(12-24)11-19(27-5)21(17)26/h10-12,25-26H,7,9H2,1-5H3. The quantitative estimate of drug-likeness (QED) is 0.609. The summed E-state index contributed by atoms with van der Waals surface area (Å²) >= 11 is 0. The Hall–Kier alpha value is -3.13. The van der Waals surface area contributed by atoms with E-state index >= 15 is 0 Å². The minimum absolute atomic E-state index is 0.104. The molecule has 5 nitrogen and oxygen atoms in total. The van der Waals surface area contributed by atoms with E-state index in [0.29, 0.717) is 29.6 Å². The van der Waals surface area contributed by atoms with Gasteiger partial charge in [0.1, 0.15) is 17.8 Å². The molecule has 0 saturated heterocycles. The van der Waals surface area contributed by atoms with Crippen LogP contribution in [0.3, 0.4) is 0 Å². The van der Waals surface area contributed by atoms with Crippen molar-refractivity contribution in [1.29, 1.82) is 0 Å². The van der Waals surface area contributed by atoms with Crippen LogP contribution < -0.4 is 9.47 Å². The zero-order chi connectivity index (χ0) is 20.6. The van der Waals surface area contributed by atoms with Gasteiger partial charge in [0.2, 0.25) is 0 Å². The molecule has 2 N–H and O–H groups in total. The highest BCUT2D eigenvalue weighted by Crippen LogP contribution is 2.43. The van der Waals surface area contributed by atoms with Crippen molar-refractivity contribution in [3.63, 3.8) is 0 Å². The summed E-state index contributed by atoms with van der Waals surface area (Å²) in [6.07, 6.45) is 2.05. The molecule has 1 aliphatic heterocycles. The molecule has 0 fully saturated rings. The number of phenolic OH excluding ortho intramolecular Hbond substituents is 2. The molecule has 0 amide bonds. The first-order valence-corrected chi connectivity index (χ1v) is 9.10. The van der Waals surface area contributed by atoms with E-state index in [9.17, 15) is 15.0 Å². The number of phenols is 2. The number of hydrogen-bond donors (Lipinski definition) is 2. The van der Waals surface area contributed by atoms with Crippen molar-refractivity contribution in [3.8, 4) is 34.8 Å². The van der Waals surface area contributed by atoms with Gasteiger partial charge in [-0.15, -0.1) is 0 Å². The molecule has 146 valence electrons. The van der Waals surface area contributed by atoms with Crippen LogP contribution in [-0.2, 0) is 6.42 Å². The normalized spacial score (nSPS) is 17.8. The first kappa shape index (κ1) is 19.6. The molecule has 1 unspecified atom stereocenters. The largest absolute Gasteiger partial charge is 0.507 e. The smallest absolute Gasteiger partial charge is 0.173 e. The average Bonchev–Trinajstić information content (AvgIpc) is 2.69. The summed E-state index contributed by atoms with van der Waals surface area (Å²) in [6, 6.07) is 2.99. The predicted octanol–water partition coefficient (Wildman–Crippen LogP) is 3.98. The highest BCUT2D eigenvalue weighted by atomic mass is 16.5. The van der Waals surface area contributed by atoms with Gasteiger partial charge < -0.3 is 19.7 Å². The number of benzene rings is 2. The minimum Gasteiger partial charge on any atom is -0.507 e. The Balaban J connectivity index is 2.02. The first-order valence-electron chi connectivity index (χ1n) is 9.10. The van der Waals surface area contributed by atoms with E-state index in [2.05, 4.69) is 11.8 Å². The van der Waals surface area contributed by atoms with Crippen molar-refractivity contribution in [2.24, 2.45) is 0 Å². The second-order valence-corrected chi connectivity index (χ2v) is 7.35. The van der Waals surface area contributed by atoms with Gasteiger partial charge in [-0.05, 0) is 62.9 Å². The molecule has 3 rings (SSSR count). The predicted molar refractivity (Wildman–Crippen MR) is 107 cm³/mol. The third-order valence-electron chi connectivity index (χ3n) is 5.43. The lowest BCUT2D eigenvalue weighted by Gasteiger charge is -2.34. The summed E-state index contributed by atoms with van der Waals surface area (Å²) in [6.45, 7) is 7.59. The summed E-state index contributed by atoms with van der Waals surface area (Å²) < 4.78 is 11.4. The highest BCUT2D eigenvalue weighted by Gasteiger charge is 2.33. The Morgan fingerprint density at radius 2 is 1.86 bits per heavy atom. The third kappa shape index (κ3) is 3.27. The van der Waals surface area contributed by atoms with Crippen LogP contribution in [0.1, 0.15) is 51.5 Å². The van der Waals surface area contributed by atoms with E-state index in [1.165, 1.54) is 19.2 Å². The van der Waals surface area contributed by atoms with Gasteiger partial charge in [0.25, 0.3) is 0 Å². The SMILES string of the molecule is COc1cc(C=O)cc(C#CC2(C)CCc3c(C)c(O)c(C)c(C)c3O2)c1O. The number of hydrogen-bond acceptors (Lipinski definition) is 5. The maximum Gasteiger partial charge on any atom is 0.173 e. The molecular weight excluding hydrogens is 356 g/mol. The second kappa shape index (κ2) is 7.12. The van der Waals surface area contributed by atoms with Crippen LogP contribution in [0.25, 0.3) is 0 Å². The number of rotatable bonds is 2. The lowest BCUT2D eigenvalue weighted by molar-refractivity contribution is 0.112. The van der Waals surface area contributed by atoms with Crippen molar-refractivity contribution in [1.82, 2.24) is 0 Å². The van der Waals surface area contributed by atoms with Crippen LogP contribution in [-0.4, -0.2) is 29.2 Å². The minimum atomic E-state index is -0.759. The Morgan fingerprint density at radius 3 is 2.50 bits per heavy atom.